The summed E-state index contributed by atoms with van der Waals surface area (Å²) in [5, 5.41) is 10.9. The van der Waals surface area contributed by atoms with Crippen molar-refractivity contribution in [3.8, 4) is 0 Å². The minimum Gasteiger partial charge on any atom is -0.379 e. The molecular weight excluding hydrogens is 234 g/mol. The Morgan fingerprint density at radius 1 is 1.21 bits per heavy atom. The van der Waals surface area contributed by atoms with Gasteiger partial charge in [-0.25, -0.2) is 0 Å². The normalized spacial score (nSPS) is 22.1. The number of aromatic amines is 1. The first-order valence-electron chi connectivity index (χ1n) is 6.98. The van der Waals surface area contributed by atoms with Gasteiger partial charge in [-0.3, -0.25) is 5.10 Å². The van der Waals surface area contributed by atoms with Crippen LogP contribution in [0.4, 0.5) is 5.69 Å². The summed E-state index contributed by atoms with van der Waals surface area (Å²) in [6, 6.07) is 9.48. The molecule has 0 radical (unpaired) electrons. The second kappa shape index (κ2) is 4.72. The Morgan fingerprint density at radius 3 is 2.63 bits per heavy atom. The van der Waals surface area contributed by atoms with Crippen LogP contribution >= 0.6 is 0 Å². The van der Waals surface area contributed by atoms with Crippen LogP contribution in [0.15, 0.2) is 24.3 Å². The van der Waals surface area contributed by atoms with Gasteiger partial charge in [0.1, 0.15) is 0 Å². The van der Waals surface area contributed by atoms with Gasteiger partial charge in [0.15, 0.2) is 0 Å². The van der Waals surface area contributed by atoms with Gasteiger partial charge in [-0.05, 0) is 45.1 Å². The van der Waals surface area contributed by atoms with Gasteiger partial charge in [-0.2, -0.15) is 5.10 Å². The number of hydrogen-bond acceptors (Lipinski definition) is 2. The van der Waals surface area contributed by atoms with Crippen molar-refractivity contribution in [3.63, 3.8) is 0 Å². The van der Waals surface area contributed by atoms with E-state index in [1.807, 2.05) is 6.92 Å². The summed E-state index contributed by atoms with van der Waals surface area (Å²) in [6.07, 6.45) is 2.43. The third-order valence-electron chi connectivity index (χ3n) is 4.13. The molecule has 0 unspecified atom stereocenters. The SMILES string of the molecule is Cc1cccc(C2CC(Nc3c(C)n[nH]c3C)C2)c1. The molecule has 1 aliphatic carbocycles. The first kappa shape index (κ1) is 12.3. The third-order valence-corrected chi connectivity index (χ3v) is 4.13. The maximum Gasteiger partial charge on any atom is 0.0825 e. The zero-order valence-corrected chi connectivity index (χ0v) is 11.8. The van der Waals surface area contributed by atoms with E-state index in [-0.39, 0.29) is 0 Å². The van der Waals surface area contributed by atoms with Crippen LogP contribution < -0.4 is 5.32 Å². The summed E-state index contributed by atoms with van der Waals surface area (Å²) in [6.45, 7) is 6.28. The molecule has 2 N–H and O–H groups in total. The van der Waals surface area contributed by atoms with Crippen molar-refractivity contribution in [1.82, 2.24) is 10.2 Å². The van der Waals surface area contributed by atoms with Crippen LogP contribution in [-0.4, -0.2) is 16.2 Å². The van der Waals surface area contributed by atoms with Crippen molar-refractivity contribution < 1.29 is 0 Å². The number of aryl methyl sites for hydroxylation is 3. The summed E-state index contributed by atoms with van der Waals surface area (Å²) in [7, 11) is 0. The van der Waals surface area contributed by atoms with E-state index in [2.05, 4.69) is 53.6 Å². The van der Waals surface area contributed by atoms with Gasteiger partial charge in [0.2, 0.25) is 0 Å². The van der Waals surface area contributed by atoms with E-state index in [0.717, 1.165) is 11.4 Å². The van der Waals surface area contributed by atoms with Crippen molar-refractivity contribution in [2.24, 2.45) is 0 Å². The molecular formula is C16H21N3. The molecule has 3 heteroatoms. The number of aromatic nitrogens is 2. The number of rotatable bonds is 3. The van der Waals surface area contributed by atoms with Gasteiger partial charge < -0.3 is 5.32 Å². The van der Waals surface area contributed by atoms with Crippen LogP contribution in [0.5, 0.6) is 0 Å². The molecule has 0 amide bonds. The second-order valence-corrected chi connectivity index (χ2v) is 5.73. The molecule has 100 valence electrons. The highest BCUT2D eigenvalue weighted by Crippen LogP contribution is 2.39. The van der Waals surface area contributed by atoms with E-state index in [1.165, 1.54) is 29.7 Å². The van der Waals surface area contributed by atoms with Crippen LogP contribution in [0.25, 0.3) is 0 Å². The van der Waals surface area contributed by atoms with E-state index < -0.39 is 0 Å². The van der Waals surface area contributed by atoms with Crippen LogP contribution in [0.3, 0.4) is 0 Å². The fourth-order valence-corrected chi connectivity index (χ4v) is 2.90. The number of benzene rings is 1. The minimum atomic E-state index is 0.584. The topological polar surface area (TPSA) is 40.7 Å². The smallest absolute Gasteiger partial charge is 0.0825 e. The molecule has 3 nitrogen and oxygen atoms in total. The zero-order valence-electron chi connectivity index (χ0n) is 11.8. The molecule has 1 aromatic heterocycles. The Bertz CT molecular complexity index is 560. The number of hydrogen-bond donors (Lipinski definition) is 2. The van der Waals surface area contributed by atoms with Gasteiger partial charge in [-0.15, -0.1) is 0 Å². The van der Waals surface area contributed by atoms with Crippen molar-refractivity contribution >= 4 is 5.69 Å². The van der Waals surface area contributed by atoms with E-state index >= 15 is 0 Å². The van der Waals surface area contributed by atoms with Gasteiger partial charge >= 0.3 is 0 Å². The Balaban J connectivity index is 1.62. The Hall–Kier alpha value is -1.77. The van der Waals surface area contributed by atoms with Crippen molar-refractivity contribution in [3.05, 3.63) is 46.8 Å². The molecule has 1 aliphatic rings. The molecule has 1 aromatic carbocycles. The van der Waals surface area contributed by atoms with Crippen molar-refractivity contribution in [2.45, 2.75) is 45.6 Å². The largest absolute Gasteiger partial charge is 0.379 e. The summed E-state index contributed by atoms with van der Waals surface area (Å²) in [4.78, 5) is 0. The lowest BCUT2D eigenvalue weighted by atomic mass is 9.75. The molecule has 1 heterocycles. The number of nitrogens with one attached hydrogen (secondary N) is 2. The molecule has 3 rings (SSSR count). The summed E-state index contributed by atoms with van der Waals surface area (Å²) >= 11 is 0. The van der Waals surface area contributed by atoms with Gasteiger partial charge in [-0.1, -0.05) is 29.8 Å². The molecule has 19 heavy (non-hydrogen) atoms. The Morgan fingerprint density at radius 2 is 2.00 bits per heavy atom. The molecule has 1 fully saturated rings. The Labute approximate surface area is 114 Å². The zero-order chi connectivity index (χ0) is 13.4. The van der Waals surface area contributed by atoms with Crippen LogP contribution in [0.1, 0.15) is 41.3 Å². The number of nitrogens with zero attached hydrogens (tertiary/aromatic N) is 1. The molecule has 0 atom stereocenters. The van der Waals surface area contributed by atoms with Crippen molar-refractivity contribution in [1.29, 1.82) is 0 Å². The van der Waals surface area contributed by atoms with E-state index in [9.17, 15) is 0 Å². The van der Waals surface area contributed by atoms with Crippen LogP contribution in [0.2, 0.25) is 0 Å². The second-order valence-electron chi connectivity index (χ2n) is 5.73. The van der Waals surface area contributed by atoms with Gasteiger partial charge in [0.25, 0.3) is 0 Å². The highest BCUT2D eigenvalue weighted by Gasteiger charge is 2.31. The lowest BCUT2D eigenvalue weighted by Gasteiger charge is -2.37. The highest BCUT2D eigenvalue weighted by molar-refractivity contribution is 5.52. The molecule has 2 aromatic rings. The van der Waals surface area contributed by atoms with Gasteiger partial charge in [0, 0.05) is 6.04 Å². The molecule has 0 bridgehead atoms. The van der Waals surface area contributed by atoms with E-state index in [4.69, 9.17) is 0 Å². The summed E-state index contributed by atoms with van der Waals surface area (Å²) in [5.74, 6) is 0.713. The Kier molecular flexibility index (Phi) is 3.05. The molecule has 0 saturated heterocycles. The maximum atomic E-state index is 4.23. The predicted molar refractivity (Wildman–Crippen MR) is 78.6 cm³/mol. The van der Waals surface area contributed by atoms with Gasteiger partial charge in [0.05, 0.1) is 17.1 Å². The average Bonchev–Trinajstić information content (AvgIpc) is 2.64. The first-order chi connectivity index (χ1) is 9.13. The fourth-order valence-electron chi connectivity index (χ4n) is 2.90. The van der Waals surface area contributed by atoms with Crippen molar-refractivity contribution in [2.75, 3.05) is 5.32 Å². The molecule has 0 spiro atoms. The first-order valence-corrected chi connectivity index (χ1v) is 6.98. The molecule has 0 aliphatic heterocycles. The summed E-state index contributed by atoms with van der Waals surface area (Å²) in [5.41, 5.74) is 6.23. The van der Waals surface area contributed by atoms with Crippen LogP contribution in [-0.2, 0) is 0 Å². The lowest BCUT2D eigenvalue weighted by Crippen LogP contribution is -2.34. The van der Waals surface area contributed by atoms with E-state index in [0.29, 0.717) is 12.0 Å². The average molecular weight is 255 g/mol. The quantitative estimate of drug-likeness (QED) is 0.878. The predicted octanol–water partition coefficient (Wildman–Crippen LogP) is 3.69. The van der Waals surface area contributed by atoms with E-state index in [1.54, 1.807) is 0 Å². The molecule has 1 saturated carbocycles. The lowest BCUT2D eigenvalue weighted by molar-refractivity contribution is 0.374. The number of H-pyrrole nitrogens is 1. The summed E-state index contributed by atoms with van der Waals surface area (Å²) < 4.78 is 0. The third kappa shape index (κ3) is 2.37. The fraction of sp³-hybridized carbons (Fsp3) is 0.438. The van der Waals surface area contributed by atoms with Crippen LogP contribution in [0, 0.1) is 20.8 Å². The standard InChI is InChI=1S/C16H21N3/c1-10-5-4-6-13(7-10)14-8-15(9-14)17-16-11(2)18-19-12(16)3/h4-7,14-15,17H,8-9H2,1-3H3,(H,18,19). The maximum absolute atomic E-state index is 4.23. The monoisotopic (exact) mass is 255 g/mol. The minimum absolute atomic E-state index is 0.584. The highest BCUT2D eigenvalue weighted by atomic mass is 15.2. The number of anilines is 1.